The van der Waals surface area contributed by atoms with Crippen molar-refractivity contribution < 1.29 is 5.11 Å². The average Bonchev–Trinajstić information content (AvgIpc) is 2.38. The zero-order valence-electron chi connectivity index (χ0n) is 12.0. The minimum Gasteiger partial charge on any atom is -0.391 e. The van der Waals surface area contributed by atoms with Gasteiger partial charge in [0.05, 0.1) is 17.6 Å². The molecule has 0 aromatic rings. The lowest BCUT2D eigenvalue weighted by molar-refractivity contribution is 0.0189. The van der Waals surface area contributed by atoms with Gasteiger partial charge in [-0.1, -0.05) is 20.8 Å². The molecule has 104 valence electrons. The molecule has 0 aromatic heterocycles. The van der Waals surface area contributed by atoms with Crippen molar-refractivity contribution in [1.29, 1.82) is 5.26 Å². The lowest BCUT2D eigenvalue weighted by Crippen LogP contribution is -2.38. The summed E-state index contributed by atoms with van der Waals surface area (Å²) in [6.07, 6.45) is 4.29. The summed E-state index contributed by atoms with van der Waals surface area (Å²) in [5.41, 5.74) is -0.459. The fourth-order valence-electron chi connectivity index (χ4n) is 2.96. The fourth-order valence-corrected chi connectivity index (χ4v) is 3.64. The molecule has 1 aliphatic carbocycles. The Morgan fingerprint density at radius 1 is 1.39 bits per heavy atom. The molecular formula is C15H27NOS. The van der Waals surface area contributed by atoms with Gasteiger partial charge in [-0.3, -0.25) is 0 Å². The van der Waals surface area contributed by atoms with Crippen LogP contribution >= 0.6 is 11.8 Å². The third-order valence-corrected chi connectivity index (χ3v) is 5.40. The molecule has 2 nitrogen and oxygen atoms in total. The van der Waals surface area contributed by atoms with Gasteiger partial charge in [0.15, 0.2) is 0 Å². The van der Waals surface area contributed by atoms with Crippen molar-refractivity contribution in [3.05, 3.63) is 0 Å². The molecular weight excluding hydrogens is 242 g/mol. The molecule has 0 amide bonds. The van der Waals surface area contributed by atoms with Crippen LogP contribution in [0.25, 0.3) is 0 Å². The summed E-state index contributed by atoms with van der Waals surface area (Å²) >= 11 is 1.85. The number of aliphatic hydroxyl groups is 1. The SMILES string of the molecule is CCSCCC(O)C1(C#N)CCC(C(C)C)CC1. The average molecular weight is 269 g/mol. The highest BCUT2D eigenvalue weighted by atomic mass is 32.2. The van der Waals surface area contributed by atoms with E-state index in [1.54, 1.807) is 0 Å². The van der Waals surface area contributed by atoms with Gasteiger partial charge in [0, 0.05) is 0 Å². The fraction of sp³-hybridized carbons (Fsp3) is 0.933. The Hall–Kier alpha value is -0.200. The van der Waals surface area contributed by atoms with Crippen LogP contribution in [0.2, 0.25) is 0 Å². The highest BCUT2D eigenvalue weighted by Gasteiger charge is 2.41. The smallest absolute Gasteiger partial charge is 0.0832 e. The van der Waals surface area contributed by atoms with Gasteiger partial charge in [0.2, 0.25) is 0 Å². The number of thioether (sulfide) groups is 1. The van der Waals surface area contributed by atoms with E-state index in [1.807, 2.05) is 11.8 Å². The van der Waals surface area contributed by atoms with Crippen LogP contribution in [0.3, 0.4) is 0 Å². The van der Waals surface area contributed by atoms with Crippen molar-refractivity contribution in [3.63, 3.8) is 0 Å². The predicted molar refractivity (Wildman–Crippen MR) is 78.5 cm³/mol. The van der Waals surface area contributed by atoms with Crippen LogP contribution in [0.1, 0.15) is 52.9 Å². The van der Waals surface area contributed by atoms with Gasteiger partial charge in [0.1, 0.15) is 0 Å². The minimum absolute atomic E-state index is 0.435. The number of nitrogens with zero attached hydrogens (tertiary/aromatic N) is 1. The Kier molecular flexibility index (Phi) is 6.52. The minimum atomic E-state index is -0.459. The first-order valence-corrected chi connectivity index (χ1v) is 8.38. The Bertz CT molecular complexity index is 277. The molecule has 1 aliphatic rings. The second-order valence-corrected chi connectivity index (χ2v) is 7.24. The molecule has 0 aromatic carbocycles. The number of aliphatic hydroxyl groups excluding tert-OH is 1. The lowest BCUT2D eigenvalue weighted by Gasteiger charge is -2.39. The monoisotopic (exact) mass is 269 g/mol. The highest BCUT2D eigenvalue weighted by molar-refractivity contribution is 7.99. The first-order chi connectivity index (χ1) is 8.55. The van der Waals surface area contributed by atoms with Crippen molar-refractivity contribution in [1.82, 2.24) is 0 Å². The van der Waals surface area contributed by atoms with Gasteiger partial charge in [0.25, 0.3) is 0 Å². The van der Waals surface area contributed by atoms with E-state index in [0.717, 1.165) is 49.5 Å². The molecule has 1 rings (SSSR count). The second-order valence-electron chi connectivity index (χ2n) is 5.85. The zero-order chi connectivity index (χ0) is 13.6. The van der Waals surface area contributed by atoms with Crippen LogP contribution in [0.4, 0.5) is 0 Å². The van der Waals surface area contributed by atoms with Gasteiger partial charge < -0.3 is 5.11 Å². The molecule has 0 radical (unpaired) electrons. The van der Waals surface area contributed by atoms with Crippen LogP contribution in [-0.2, 0) is 0 Å². The van der Waals surface area contributed by atoms with Crippen LogP contribution in [0.5, 0.6) is 0 Å². The Balaban J connectivity index is 2.52. The largest absolute Gasteiger partial charge is 0.391 e. The molecule has 1 atom stereocenters. The molecule has 0 bridgehead atoms. The summed E-state index contributed by atoms with van der Waals surface area (Å²) in [7, 11) is 0. The molecule has 0 spiro atoms. The summed E-state index contributed by atoms with van der Waals surface area (Å²) in [5, 5.41) is 19.8. The van der Waals surface area contributed by atoms with Gasteiger partial charge in [-0.2, -0.15) is 17.0 Å². The van der Waals surface area contributed by atoms with E-state index in [2.05, 4.69) is 26.8 Å². The van der Waals surface area contributed by atoms with Crippen LogP contribution in [-0.4, -0.2) is 22.7 Å². The van der Waals surface area contributed by atoms with Crippen molar-refractivity contribution in [2.45, 2.75) is 59.0 Å². The van der Waals surface area contributed by atoms with Gasteiger partial charge in [-0.05, 0) is 55.4 Å². The third-order valence-electron chi connectivity index (χ3n) is 4.47. The summed E-state index contributed by atoms with van der Waals surface area (Å²) in [5.74, 6) is 3.49. The van der Waals surface area contributed by atoms with Crippen LogP contribution in [0, 0.1) is 28.6 Å². The number of hydrogen-bond acceptors (Lipinski definition) is 3. The van der Waals surface area contributed by atoms with Gasteiger partial charge >= 0.3 is 0 Å². The molecule has 0 saturated heterocycles. The van der Waals surface area contributed by atoms with E-state index in [4.69, 9.17) is 0 Å². The second kappa shape index (κ2) is 7.40. The van der Waals surface area contributed by atoms with E-state index >= 15 is 0 Å². The molecule has 1 saturated carbocycles. The third kappa shape index (κ3) is 3.90. The Morgan fingerprint density at radius 2 is 2.00 bits per heavy atom. The molecule has 1 unspecified atom stereocenters. The Labute approximate surface area is 116 Å². The molecule has 1 N–H and O–H groups in total. The zero-order valence-corrected chi connectivity index (χ0v) is 12.8. The van der Waals surface area contributed by atoms with Crippen molar-refractivity contribution >= 4 is 11.8 Å². The summed E-state index contributed by atoms with van der Waals surface area (Å²) in [6.45, 7) is 6.65. The summed E-state index contributed by atoms with van der Waals surface area (Å²) in [6, 6.07) is 2.44. The normalized spacial score (nSPS) is 30.1. The lowest BCUT2D eigenvalue weighted by atomic mass is 9.65. The number of nitriles is 1. The van der Waals surface area contributed by atoms with E-state index < -0.39 is 11.5 Å². The van der Waals surface area contributed by atoms with E-state index in [9.17, 15) is 10.4 Å². The highest BCUT2D eigenvalue weighted by Crippen LogP contribution is 2.44. The van der Waals surface area contributed by atoms with Gasteiger partial charge in [-0.15, -0.1) is 0 Å². The maximum absolute atomic E-state index is 10.3. The summed E-state index contributed by atoms with van der Waals surface area (Å²) < 4.78 is 0. The van der Waals surface area contributed by atoms with Crippen molar-refractivity contribution in [3.8, 4) is 6.07 Å². The number of hydrogen-bond donors (Lipinski definition) is 1. The maximum Gasteiger partial charge on any atom is 0.0832 e. The standard InChI is InChI=1S/C15H27NOS/c1-4-18-10-7-14(17)15(11-16)8-5-13(6-9-15)12(2)3/h12-14,17H,4-10H2,1-3H3. The molecule has 0 aliphatic heterocycles. The van der Waals surface area contributed by atoms with Crippen LogP contribution < -0.4 is 0 Å². The molecule has 3 heteroatoms. The van der Waals surface area contributed by atoms with Crippen LogP contribution in [0.15, 0.2) is 0 Å². The Morgan fingerprint density at radius 3 is 2.44 bits per heavy atom. The molecule has 1 fully saturated rings. The molecule has 0 heterocycles. The van der Waals surface area contributed by atoms with Gasteiger partial charge in [-0.25, -0.2) is 0 Å². The first kappa shape index (κ1) is 15.9. The molecule has 18 heavy (non-hydrogen) atoms. The van der Waals surface area contributed by atoms with E-state index in [0.29, 0.717) is 5.92 Å². The summed E-state index contributed by atoms with van der Waals surface area (Å²) in [4.78, 5) is 0. The van der Waals surface area contributed by atoms with E-state index in [1.165, 1.54) is 0 Å². The topological polar surface area (TPSA) is 44.0 Å². The maximum atomic E-state index is 10.3. The van der Waals surface area contributed by atoms with E-state index in [-0.39, 0.29) is 0 Å². The van der Waals surface area contributed by atoms with Crippen molar-refractivity contribution in [2.24, 2.45) is 17.3 Å². The quantitative estimate of drug-likeness (QED) is 0.745. The first-order valence-electron chi connectivity index (χ1n) is 7.22. The van der Waals surface area contributed by atoms with Crippen molar-refractivity contribution in [2.75, 3.05) is 11.5 Å². The number of rotatable bonds is 6. The predicted octanol–water partition coefficient (Wildman–Crippen LogP) is 3.85.